The molecule has 0 saturated heterocycles. The number of likely N-dealkylation sites (N-methyl/N-ethyl adjacent to an activating group) is 2. The highest BCUT2D eigenvalue weighted by Crippen LogP contribution is 2.29. The fourth-order valence-electron chi connectivity index (χ4n) is 3.34. The number of aromatic nitrogens is 1. The van der Waals surface area contributed by atoms with Gasteiger partial charge in [0.25, 0.3) is 0 Å². The molecule has 0 aliphatic carbocycles. The van der Waals surface area contributed by atoms with Crippen molar-refractivity contribution in [2.24, 2.45) is 0 Å². The number of para-hydroxylation sites is 1. The van der Waals surface area contributed by atoms with Gasteiger partial charge in [0, 0.05) is 24.5 Å². The first-order chi connectivity index (χ1) is 13.8. The molecule has 0 saturated carbocycles. The quantitative estimate of drug-likeness (QED) is 0.745. The van der Waals surface area contributed by atoms with E-state index in [1.807, 2.05) is 62.6 Å². The van der Waals surface area contributed by atoms with E-state index >= 15 is 0 Å². The van der Waals surface area contributed by atoms with Gasteiger partial charge < -0.3 is 10.2 Å². The minimum atomic E-state index is -0.272. The molecule has 2 aromatic rings. The number of nitrogens with zero attached hydrogens (tertiary/aromatic N) is 4. The SMILES string of the molecule is CCN(CC)C(=O)CN(C)CC(=O)Nc1c(C#N)c(C)c(C)n1-c1ccccc1. The number of hydrogen-bond acceptors (Lipinski definition) is 4. The van der Waals surface area contributed by atoms with Crippen LogP contribution in [0.4, 0.5) is 5.82 Å². The Balaban J connectivity index is 2.21. The van der Waals surface area contributed by atoms with E-state index in [0.717, 1.165) is 16.9 Å². The summed E-state index contributed by atoms with van der Waals surface area (Å²) < 4.78 is 1.88. The fourth-order valence-corrected chi connectivity index (χ4v) is 3.34. The highest BCUT2D eigenvalue weighted by Gasteiger charge is 2.21. The molecule has 1 aromatic heterocycles. The molecule has 29 heavy (non-hydrogen) atoms. The normalized spacial score (nSPS) is 10.7. The molecule has 0 unspecified atom stereocenters. The monoisotopic (exact) mass is 395 g/mol. The van der Waals surface area contributed by atoms with Crippen molar-refractivity contribution in [1.82, 2.24) is 14.4 Å². The lowest BCUT2D eigenvalue weighted by molar-refractivity contribution is -0.132. The van der Waals surface area contributed by atoms with E-state index in [-0.39, 0.29) is 24.9 Å². The smallest absolute Gasteiger partial charge is 0.239 e. The second-order valence-electron chi connectivity index (χ2n) is 7.00. The minimum Gasteiger partial charge on any atom is -0.342 e. The zero-order chi connectivity index (χ0) is 21.6. The molecule has 0 radical (unpaired) electrons. The molecule has 0 spiro atoms. The van der Waals surface area contributed by atoms with Crippen LogP contribution in [0.15, 0.2) is 30.3 Å². The molecule has 154 valence electrons. The number of hydrogen-bond donors (Lipinski definition) is 1. The molecular weight excluding hydrogens is 366 g/mol. The molecule has 2 amide bonds. The van der Waals surface area contributed by atoms with Gasteiger partial charge in [0.15, 0.2) is 0 Å². The topological polar surface area (TPSA) is 81.4 Å². The van der Waals surface area contributed by atoms with Crippen LogP contribution in [0.25, 0.3) is 5.69 Å². The third-order valence-corrected chi connectivity index (χ3v) is 5.03. The maximum absolute atomic E-state index is 12.7. The Bertz CT molecular complexity index is 908. The molecule has 7 heteroatoms. The molecule has 1 aromatic carbocycles. The van der Waals surface area contributed by atoms with Gasteiger partial charge in [0.2, 0.25) is 11.8 Å². The van der Waals surface area contributed by atoms with Crippen LogP contribution in [-0.4, -0.2) is 59.4 Å². The lowest BCUT2D eigenvalue weighted by atomic mass is 10.2. The number of carbonyl (C=O) groups excluding carboxylic acids is 2. The van der Waals surface area contributed by atoms with Gasteiger partial charge in [-0.2, -0.15) is 5.26 Å². The average molecular weight is 396 g/mol. The Hall–Kier alpha value is -3.11. The molecule has 0 bridgehead atoms. The van der Waals surface area contributed by atoms with E-state index in [1.54, 1.807) is 16.8 Å². The first-order valence-electron chi connectivity index (χ1n) is 9.77. The molecule has 1 N–H and O–H groups in total. The van der Waals surface area contributed by atoms with Crippen LogP contribution >= 0.6 is 0 Å². The Morgan fingerprint density at radius 3 is 2.28 bits per heavy atom. The van der Waals surface area contributed by atoms with E-state index in [0.29, 0.717) is 24.5 Å². The summed E-state index contributed by atoms with van der Waals surface area (Å²) in [5.74, 6) is 0.176. The molecule has 2 rings (SSSR count). The summed E-state index contributed by atoms with van der Waals surface area (Å²) in [6.07, 6.45) is 0. The largest absolute Gasteiger partial charge is 0.342 e. The summed E-state index contributed by atoms with van der Waals surface area (Å²) in [6.45, 7) is 9.16. The summed E-state index contributed by atoms with van der Waals surface area (Å²) in [5.41, 5.74) is 3.04. The first kappa shape index (κ1) is 22.2. The highest BCUT2D eigenvalue weighted by atomic mass is 16.2. The molecule has 0 atom stereocenters. The van der Waals surface area contributed by atoms with Crippen LogP contribution in [0.5, 0.6) is 0 Å². The summed E-state index contributed by atoms with van der Waals surface area (Å²) >= 11 is 0. The van der Waals surface area contributed by atoms with Gasteiger partial charge in [-0.3, -0.25) is 19.1 Å². The molecule has 0 fully saturated rings. The van der Waals surface area contributed by atoms with Crippen molar-refractivity contribution in [1.29, 1.82) is 5.26 Å². The Morgan fingerprint density at radius 1 is 1.10 bits per heavy atom. The van der Waals surface area contributed by atoms with E-state index in [1.165, 1.54) is 0 Å². The number of amides is 2. The van der Waals surface area contributed by atoms with Crippen LogP contribution < -0.4 is 5.32 Å². The van der Waals surface area contributed by atoms with Crippen molar-refractivity contribution in [3.05, 3.63) is 47.2 Å². The second kappa shape index (κ2) is 9.89. The van der Waals surface area contributed by atoms with E-state index in [9.17, 15) is 14.9 Å². The standard InChI is InChI=1S/C22H29N5O2/c1-6-26(7-2)21(29)15-25(5)14-20(28)24-22-19(13-23)16(3)17(4)27(22)18-11-9-8-10-12-18/h8-12H,6-7,14-15H2,1-5H3,(H,24,28). The van der Waals surface area contributed by atoms with Crippen LogP contribution in [0.3, 0.4) is 0 Å². The third-order valence-electron chi connectivity index (χ3n) is 5.03. The van der Waals surface area contributed by atoms with Gasteiger partial charge in [-0.25, -0.2) is 0 Å². The number of nitriles is 1. The average Bonchev–Trinajstić information content (AvgIpc) is 2.92. The van der Waals surface area contributed by atoms with E-state index in [2.05, 4.69) is 11.4 Å². The zero-order valence-corrected chi connectivity index (χ0v) is 17.8. The zero-order valence-electron chi connectivity index (χ0n) is 17.8. The summed E-state index contributed by atoms with van der Waals surface area (Å²) in [5, 5.41) is 12.5. The van der Waals surface area contributed by atoms with Crippen LogP contribution in [0.1, 0.15) is 30.7 Å². The lowest BCUT2D eigenvalue weighted by Gasteiger charge is -2.23. The van der Waals surface area contributed by atoms with Crippen molar-refractivity contribution >= 4 is 17.6 Å². The number of carbonyl (C=O) groups is 2. The molecule has 0 aliphatic rings. The van der Waals surface area contributed by atoms with Gasteiger partial charge in [-0.05, 0) is 52.4 Å². The van der Waals surface area contributed by atoms with Crippen LogP contribution in [0, 0.1) is 25.2 Å². The third kappa shape index (κ3) is 5.04. The lowest BCUT2D eigenvalue weighted by Crippen LogP contribution is -2.41. The molecule has 1 heterocycles. The van der Waals surface area contributed by atoms with E-state index < -0.39 is 0 Å². The highest BCUT2D eigenvalue weighted by molar-refractivity contribution is 5.94. The second-order valence-corrected chi connectivity index (χ2v) is 7.00. The van der Waals surface area contributed by atoms with Crippen molar-refractivity contribution < 1.29 is 9.59 Å². The van der Waals surface area contributed by atoms with Crippen molar-refractivity contribution in [3.63, 3.8) is 0 Å². The number of nitrogens with one attached hydrogen (secondary N) is 1. The Labute approximate surface area is 172 Å². The summed E-state index contributed by atoms with van der Waals surface area (Å²) in [4.78, 5) is 28.3. The summed E-state index contributed by atoms with van der Waals surface area (Å²) in [6, 6.07) is 11.8. The van der Waals surface area contributed by atoms with E-state index in [4.69, 9.17) is 0 Å². The molecular formula is C22H29N5O2. The Morgan fingerprint density at radius 2 is 1.72 bits per heavy atom. The fraction of sp³-hybridized carbons (Fsp3) is 0.409. The predicted octanol–water partition coefficient (Wildman–Crippen LogP) is 2.70. The number of benzene rings is 1. The first-order valence-corrected chi connectivity index (χ1v) is 9.77. The predicted molar refractivity (Wildman–Crippen MR) is 114 cm³/mol. The maximum Gasteiger partial charge on any atom is 0.239 e. The van der Waals surface area contributed by atoms with Gasteiger partial charge in [-0.15, -0.1) is 0 Å². The summed E-state index contributed by atoms with van der Waals surface area (Å²) in [7, 11) is 1.74. The Kier molecular flexibility index (Phi) is 7.57. The molecule has 7 nitrogen and oxygen atoms in total. The van der Waals surface area contributed by atoms with Crippen molar-refractivity contribution in [2.45, 2.75) is 27.7 Å². The minimum absolute atomic E-state index is 0.0117. The van der Waals surface area contributed by atoms with Gasteiger partial charge >= 0.3 is 0 Å². The maximum atomic E-state index is 12.7. The molecule has 0 aliphatic heterocycles. The van der Waals surface area contributed by atoms with Gasteiger partial charge in [-0.1, -0.05) is 18.2 Å². The van der Waals surface area contributed by atoms with Crippen LogP contribution in [-0.2, 0) is 9.59 Å². The van der Waals surface area contributed by atoms with Gasteiger partial charge in [0.05, 0.1) is 18.7 Å². The number of anilines is 1. The van der Waals surface area contributed by atoms with Crippen LogP contribution in [0.2, 0.25) is 0 Å². The van der Waals surface area contributed by atoms with Gasteiger partial charge in [0.1, 0.15) is 11.9 Å². The van der Waals surface area contributed by atoms with Crippen molar-refractivity contribution in [2.75, 3.05) is 38.5 Å². The van der Waals surface area contributed by atoms with Crippen molar-refractivity contribution in [3.8, 4) is 11.8 Å². The number of rotatable bonds is 8.